The lowest BCUT2D eigenvalue weighted by Gasteiger charge is -2.15. The van der Waals surface area contributed by atoms with Crippen LogP contribution in [0.5, 0.6) is 11.5 Å². The first-order chi connectivity index (χ1) is 12.5. The summed E-state index contributed by atoms with van der Waals surface area (Å²) >= 11 is 0. The Morgan fingerprint density at radius 3 is 2.46 bits per heavy atom. The van der Waals surface area contributed by atoms with E-state index in [0.29, 0.717) is 11.5 Å². The standard InChI is InChI=1S/C19H21FN2O4/c1-13-5-3-4-6-17(13)25-12-11-18(23)21-22-19(24)14(2)26-16-9-7-15(20)8-10-16/h3-10,14H,11-12H2,1-2H3,(H,21,23)(H,22,24). The van der Waals surface area contributed by atoms with E-state index in [1.807, 2.05) is 31.2 Å². The molecule has 0 aromatic heterocycles. The smallest absolute Gasteiger partial charge is 0.279 e. The van der Waals surface area contributed by atoms with E-state index < -0.39 is 17.8 Å². The zero-order valence-corrected chi connectivity index (χ0v) is 14.6. The Hall–Kier alpha value is -3.09. The summed E-state index contributed by atoms with van der Waals surface area (Å²) in [7, 11) is 0. The molecule has 0 radical (unpaired) electrons. The number of hydrazine groups is 1. The highest BCUT2D eigenvalue weighted by molar-refractivity contribution is 5.84. The molecule has 2 aromatic rings. The van der Waals surface area contributed by atoms with Crippen LogP contribution in [-0.4, -0.2) is 24.5 Å². The van der Waals surface area contributed by atoms with Crippen LogP contribution in [0.1, 0.15) is 18.9 Å². The molecule has 0 aliphatic carbocycles. The quantitative estimate of drug-likeness (QED) is 0.744. The van der Waals surface area contributed by atoms with Crippen LogP contribution in [0.4, 0.5) is 4.39 Å². The molecule has 0 fully saturated rings. The van der Waals surface area contributed by atoms with Crippen molar-refractivity contribution in [3.8, 4) is 11.5 Å². The predicted octanol–water partition coefficient (Wildman–Crippen LogP) is 2.52. The van der Waals surface area contributed by atoms with Crippen molar-refractivity contribution in [2.75, 3.05) is 6.61 Å². The van der Waals surface area contributed by atoms with Crippen LogP contribution in [0.2, 0.25) is 0 Å². The molecule has 138 valence electrons. The van der Waals surface area contributed by atoms with Gasteiger partial charge in [-0.2, -0.15) is 0 Å². The zero-order valence-electron chi connectivity index (χ0n) is 14.6. The number of nitrogens with one attached hydrogen (secondary N) is 2. The fourth-order valence-corrected chi connectivity index (χ4v) is 2.04. The van der Waals surface area contributed by atoms with Gasteiger partial charge in [0.1, 0.15) is 17.3 Å². The topological polar surface area (TPSA) is 76.7 Å². The van der Waals surface area contributed by atoms with E-state index in [1.165, 1.54) is 31.2 Å². The Bertz CT molecular complexity index is 749. The minimum Gasteiger partial charge on any atom is -0.493 e. The van der Waals surface area contributed by atoms with Crippen LogP contribution in [0.15, 0.2) is 48.5 Å². The molecule has 2 aromatic carbocycles. The molecule has 0 saturated heterocycles. The molecule has 0 bridgehead atoms. The molecule has 0 heterocycles. The number of aryl methyl sites for hydroxylation is 1. The lowest BCUT2D eigenvalue weighted by Crippen LogP contribution is -2.47. The van der Waals surface area contributed by atoms with Crippen LogP contribution in [0.25, 0.3) is 0 Å². The minimum absolute atomic E-state index is 0.0851. The van der Waals surface area contributed by atoms with E-state index in [4.69, 9.17) is 9.47 Å². The third-order valence-electron chi connectivity index (χ3n) is 3.50. The monoisotopic (exact) mass is 360 g/mol. The average Bonchev–Trinajstić information content (AvgIpc) is 2.63. The van der Waals surface area contributed by atoms with Gasteiger partial charge in [-0.15, -0.1) is 0 Å². The zero-order chi connectivity index (χ0) is 18.9. The number of hydrogen-bond acceptors (Lipinski definition) is 4. The maximum Gasteiger partial charge on any atom is 0.279 e. The highest BCUT2D eigenvalue weighted by Crippen LogP contribution is 2.16. The number of ether oxygens (including phenoxy) is 2. The summed E-state index contributed by atoms with van der Waals surface area (Å²) in [6.07, 6.45) is -0.772. The second kappa shape index (κ2) is 9.41. The molecule has 0 aliphatic heterocycles. The first-order valence-electron chi connectivity index (χ1n) is 8.15. The highest BCUT2D eigenvalue weighted by atomic mass is 19.1. The maximum atomic E-state index is 12.8. The van der Waals surface area contributed by atoms with E-state index in [-0.39, 0.29) is 18.9 Å². The molecule has 0 spiro atoms. The number of carbonyl (C=O) groups is 2. The van der Waals surface area contributed by atoms with Crippen LogP contribution in [-0.2, 0) is 9.59 Å². The van der Waals surface area contributed by atoms with Crippen molar-refractivity contribution in [3.63, 3.8) is 0 Å². The molecule has 6 nitrogen and oxygen atoms in total. The van der Waals surface area contributed by atoms with Crippen LogP contribution < -0.4 is 20.3 Å². The summed E-state index contributed by atoms with van der Waals surface area (Å²) in [5.74, 6) is -0.240. The Morgan fingerprint density at radius 2 is 1.77 bits per heavy atom. The van der Waals surface area contributed by atoms with Gasteiger partial charge in [0, 0.05) is 0 Å². The Kier molecular flexibility index (Phi) is 6.96. The van der Waals surface area contributed by atoms with Crippen LogP contribution >= 0.6 is 0 Å². The number of carbonyl (C=O) groups excluding carboxylic acids is 2. The van der Waals surface area contributed by atoms with Gasteiger partial charge in [-0.05, 0) is 49.7 Å². The van der Waals surface area contributed by atoms with Gasteiger partial charge in [0.15, 0.2) is 6.10 Å². The molecule has 26 heavy (non-hydrogen) atoms. The Balaban J connectivity index is 1.68. The largest absolute Gasteiger partial charge is 0.493 e. The van der Waals surface area contributed by atoms with Crippen molar-refractivity contribution in [3.05, 3.63) is 59.9 Å². The lowest BCUT2D eigenvalue weighted by atomic mass is 10.2. The molecule has 2 N–H and O–H groups in total. The normalized spacial score (nSPS) is 11.3. The van der Waals surface area contributed by atoms with Gasteiger partial charge in [0.2, 0.25) is 5.91 Å². The summed E-state index contributed by atoms with van der Waals surface area (Å²) in [6.45, 7) is 3.62. The molecule has 1 unspecified atom stereocenters. The van der Waals surface area contributed by atoms with Crippen molar-refractivity contribution in [1.29, 1.82) is 0 Å². The fourth-order valence-electron chi connectivity index (χ4n) is 2.04. The summed E-state index contributed by atoms with van der Waals surface area (Å²) in [6, 6.07) is 12.8. The average molecular weight is 360 g/mol. The summed E-state index contributed by atoms with van der Waals surface area (Å²) < 4.78 is 23.7. The van der Waals surface area contributed by atoms with Crippen LogP contribution in [0.3, 0.4) is 0 Å². The van der Waals surface area contributed by atoms with Crippen molar-refractivity contribution >= 4 is 11.8 Å². The van der Waals surface area contributed by atoms with Crippen molar-refractivity contribution in [2.45, 2.75) is 26.4 Å². The molecule has 0 aliphatic rings. The van der Waals surface area contributed by atoms with Gasteiger partial charge in [0.05, 0.1) is 13.0 Å². The highest BCUT2D eigenvalue weighted by Gasteiger charge is 2.15. The number of halogens is 1. The minimum atomic E-state index is -0.857. The Labute approximate surface area is 151 Å². The number of rotatable bonds is 7. The van der Waals surface area contributed by atoms with Crippen LogP contribution in [0, 0.1) is 12.7 Å². The van der Waals surface area contributed by atoms with Gasteiger partial charge >= 0.3 is 0 Å². The third kappa shape index (κ3) is 6.08. The van der Waals surface area contributed by atoms with E-state index in [2.05, 4.69) is 10.9 Å². The van der Waals surface area contributed by atoms with E-state index in [9.17, 15) is 14.0 Å². The molecular formula is C19H21FN2O4. The van der Waals surface area contributed by atoms with E-state index >= 15 is 0 Å². The van der Waals surface area contributed by atoms with Gasteiger partial charge < -0.3 is 9.47 Å². The van der Waals surface area contributed by atoms with Gasteiger partial charge in [-0.25, -0.2) is 4.39 Å². The van der Waals surface area contributed by atoms with E-state index in [1.54, 1.807) is 0 Å². The van der Waals surface area contributed by atoms with Crippen molar-refractivity contribution in [2.24, 2.45) is 0 Å². The number of benzene rings is 2. The van der Waals surface area contributed by atoms with Gasteiger partial charge in [0.25, 0.3) is 5.91 Å². The predicted molar refractivity (Wildman–Crippen MR) is 94.1 cm³/mol. The summed E-state index contributed by atoms with van der Waals surface area (Å²) in [4.78, 5) is 23.7. The fraction of sp³-hybridized carbons (Fsp3) is 0.263. The first kappa shape index (κ1) is 19.2. The molecular weight excluding hydrogens is 339 g/mol. The number of hydrogen-bond donors (Lipinski definition) is 2. The van der Waals surface area contributed by atoms with Crippen molar-refractivity contribution in [1.82, 2.24) is 10.9 Å². The summed E-state index contributed by atoms with van der Waals surface area (Å²) in [5.41, 5.74) is 5.56. The molecule has 1 atom stereocenters. The maximum absolute atomic E-state index is 12.8. The lowest BCUT2D eigenvalue weighted by molar-refractivity contribution is -0.132. The Morgan fingerprint density at radius 1 is 1.08 bits per heavy atom. The SMILES string of the molecule is Cc1ccccc1OCCC(=O)NNC(=O)C(C)Oc1ccc(F)cc1. The molecule has 2 amide bonds. The molecule has 7 heteroatoms. The number of amides is 2. The molecule has 0 saturated carbocycles. The molecule has 2 rings (SSSR count). The second-order valence-corrected chi connectivity index (χ2v) is 5.62. The van der Waals surface area contributed by atoms with Crippen molar-refractivity contribution < 1.29 is 23.5 Å². The first-order valence-corrected chi connectivity index (χ1v) is 8.15. The summed E-state index contributed by atoms with van der Waals surface area (Å²) in [5, 5.41) is 0. The van der Waals surface area contributed by atoms with Gasteiger partial charge in [-0.1, -0.05) is 18.2 Å². The van der Waals surface area contributed by atoms with E-state index in [0.717, 1.165) is 5.56 Å². The van der Waals surface area contributed by atoms with Gasteiger partial charge in [-0.3, -0.25) is 20.4 Å². The number of para-hydroxylation sites is 1. The third-order valence-corrected chi connectivity index (χ3v) is 3.50. The second-order valence-electron chi connectivity index (χ2n) is 5.62.